The van der Waals surface area contributed by atoms with Gasteiger partial charge in [-0.25, -0.2) is 4.79 Å². The Bertz CT molecular complexity index is 256. The second-order valence-electron chi connectivity index (χ2n) is 3.62. The van der Waals surface area contributed by atoms with Crippen LogP contribution in [0.4, 0.5) is 0 Å². The molecule has 1 rings (SSSR count). The average molecular weight is 197 g/mol. The summed E-state index contributed by atoms with van der Waals surface area (Å²) in [6, 6.07) is 0. The van der Waals surface area contributed by atoms with Gasteiger partial charge in [-0.05, 0) is 25.7 Å². The quantitative estimate of drug-likeness (QED) is 0.648. The van der Waals surface area contributed by atoms with Crippen molar-refractivity contribution in [1.82, 2.24) is 5.32 Å². The second kappa shape index (κ2) is 4.26. The minimum atomic E-state index is -0.974. The van der Waals surface area contributed by atoms with Gasteiger partial charge in [-0.3, -0.25) is 4.79 Å². The molecule has 4 nitrogen and oxygen atoms in total. The number of allylic oxidation sites excluding steroid dienone is 1. The van der Waals surface area contributed by atoms with Gasteiger partial charge in [0, 0.05) is 6.42 Å². The SMILES string of the molecule is C=CCCC(=O)NC1(C(=O)O)CCC1. The fraction of sp³-hybridized carbons (Fsp3) is 0.600. The van der Waals surface area contributed by atoms with Crippen LogP contribution in [0.5, 0.6) is 0 Å². The van der Waals surface area contributed by atoms with Crippen molar-refractivity contribution >= 4 is 11.9 Å². The third-order valence-electron chi connectivity index (χ3n) is 2.57. The number of hydrogen-bond acceptors (Lipinski definition) is 2. The van der Waals surface area contributed by atoms with Crippen molar-refractivity contribution in [3.05, 3.63) is 12.7 Å². The first kappa shape index (κ1) is 10.8. The number of nitrogens with one attached hydrogen (secondary N) is 1. The Morgan fingerprint density at radius 2 is 2.14 bits per heavy atom. The van der Waals surface area contributed by atoms with Crippen molar-refractivity contribution in [1.29, 1.82) is 0 Å². The summed E-state index contributed by atoms with van der Waals surface area (Å²) in [6.07, 6.45) is 4.51. The van der Waals surface area contributed by atoms with Crippen molar-refractivity contribution in [2.75, 3.05) is 0 Å². The topological polar surface area (TPSA) is 66.4 Å². The third-order valence-corrected chi connectivity index (χ3v) is 2.57. The maximum absolute atomic E-state index is 11.3. The Labute approximate surface area is 83.0 Å². The van der Waals surface area contributed by atoms with Gasteiger partial charge in [0.25, 0.3) is 0 Å². The number of rotatable bonds is 5. The molecule has 0 aromatic carbocycles. The number of aliphatic carboxylic acids is 1. The van der Waals surface area contributed by atoms with Gasteiger partial charge < -0.3 is 10.4 Å². The van der Waals surface area contributed by atoms with Crippen LogP contribution in [0.15, 0.2) is 12.7 Å². The summed E-state index contributed by atoms with van der Waals surface area (Å²) in [5, 5.41) is 11.5. The Balaban J connectivity index is 2.44. The molecule has 0 heterocycles. The highest BCUT2D eigenvalue weighted by Crippen LogP contribution is 2.32. The van der Waals surface area contributed by atoms with Crippen LogP contribution in [0.3, 0.4) is 0 Å². The van der Waals surface area contributed by atoms with Crippen molar-refractivity contribution < 1.29 is 14.7 Å². The van der Waals surface area contributed by atoms with E-state index in [-0.39, 0.29) is 5.91 Å². The summed E-state index contributed by atoms with van der Waals surface area (Å²) in [5.41, 5.74) is -0.974. The van der Waals surface area contributed by atoms with Crippen LogP contribution in [-0.2, 0) is 9.59 Å². The molecule has 1 amide bonds. The van der Waals surface area contributed by atoms with Crippen molar-refractivity contribution in [2.45, 2.75) is 37.6 Å². The van der Waals surface area contributed by atoms with Gasteiger partial charge in [0.1, 0.15) is 5.54 Å². The molecule has 2 N–H and O–H groups in total. The lowest BCUT2D eigenvalue weighted by atomic mass is 9.76. The summed E-state index contributed by atoms with van der Waals surface area (Å²) >= 11 is 0. The lowest BCUT2D eigenvalue weighted by molar-refractivity contribution is -0.151. The zero-order valence-corrected chi connectivity index (χ0v) is 8.08. The van der Waals surface area contributed by atoms with Gasteiger partial charge in [-0.15, -0.1) is 6.58 Å². The van der Waals surface area contributed by atoms with Gasteiger partial charge in [0.05, 0.1) is 0 Å². The molecular formula is C10H15NO3. The number of carboxylic acids is 1. The van der Waals surface area contributed by atoms with Gasteiger partial charge in [-0.1, -0.05) is 6.08 Å². The molecular weight excluding hydrogens is 182 g/mol. The van der Waals surface area contributed by atoms with E-state index in [0.29, 0.717) is 25.7 Å². The molecule has 0 radical (unpaired) electrons. The molecule has 1 aliphatic rings. The standard InChI is InChI=1S/C10H15NO3/c1-2-3-5-8(12)11-10(9(13)14)6-4-7-10/h2H,1,3-7H2,(H,11,12)(H,13,14). The number of carbonyl (C=O) groups is 2. The predicted octanol–water partition coefficient (Wildman–Crippen LogP) is 1.08. The Hall–Kier alpha value is -1.32. The number of carboxylic acid groups (broad SMARTS) is 1. The lowest BCUT2D eigenvalue weighted by Gasteiger charge is -2.38. The van der Waals surface area contributed by atoms with Crippen LogP contribution in [0.1, 0.15) is 32.1 Å². The van der Waals surface area contributed by atoms with Gasteiger partial charge >= 0.3 is 5.97 Å². The zero-order chi connectivity index (χ0) is 10.6. The second-order valence-corrected chi connectivity index (χ2v) is 3.62. The first-order valence-corrected chi connectivity index (χ1v) is 4.76. The minimum Gasteiger partial charge on any atom is -0.480 e. The molecule has 0 aromatic heterocycles. The summed E-state index contributed by atoms with van der Waals surface area (Å²) in [7, 11) is 0. The number of carbonyl (C=O) groups excluding carboxylic acids is 1. The molecule has 0 spiro atoms. The molecule has 1 aliphatic carbocycles. The zero-order valence-electron chi connectivity index (χ0n) is 8.08. The maximum Gasteiger partial charge on any atom is 0.329 e. The van der Waals surface area contributed by atoms with Crippen LogP contribution in [-0.4, -0.2) is 22.5 Å². The molecule has 0 atom stereocenters. The molecule has 0 aliphatic heterocycles. The van der Waals surface area contributed by atoms with Gasteiger partial charge in [0.15, 0.2) is 0 Å². The Morgan fingerprint density at radius 3 is 2.50 bits per heavy atom. The normalized spacial score (nSPS) is 18.0. The van der Waals surface area contributed by atoms with E-state index in [0.717, 1.165) is 6.42 Å². The average Bonchev–Trinajstić information content (AvgIpc) is 2.07. The Morgan fingerprint density at radius 1 is 1.50 bits per heavy atom. The molecule has 1 fully saturated rings. The largest absolute Gasteiger partial charge is 0.480 e. The first-order valence-electron chi connectivity index (χ1n) is 4.76. The maximum atomic E-state index is 11.3. The molecule has 0 saturated heterocycles. The minimum absolute atomic E-state index is 0.202. The van der Waals surface area contributed by atoms with Crippen LogP contribution in [0.2, 0.25) is 0 Å². The van der Waals surface area contributed by atoms with Crippen molar-refractivity contribution in [3.8, 4) is 0 Å². The van der Waals surface area contributed by atoms with E-state index in [2.05, 4.69) is 11.9 Å². The van der Waals surface area contributed by atoms with E-state index < -0.39 is 11.5 Å². The first-order chi connectivity index (χ1) is 6.60. The van der Waals surface area contributed by atoms with E-state index in [9.17, 15) is 9.59 Å². The van der Waals surface area contributed by atoms with E-state index in [4.69, 9.17) is 5.11 Å². The summed E-state index contributed by atoms with van der Waals surface area (Å²) < 4.78 is 0. The highest BCUT2D eigenvalue weighted by atomic mass is 16.4. The number of hydrogen-bond donors (Lipinski definition) is 2. The molecule has 0 unspecified atom stereocenters. The highest BCUT2D eigenvalue weighted by molar-refractivity contribution is 5.87. The van der Waals surface area contributed by atoms with Crippen molar-refractivity contribution in [3.63, 3.8) is 0 Å². The molecule has 0 aromatic rings. The lowest BCUT2D eigenvalue weighted by Crippen LogP contribution is -2.59. The fourth-order valence-electron chi connectivity index (χ4n) is 1.49. The smallest absolute Gasteiger partial charge is 0.329 e. The van der Waals surface area contributed by atoms with Crippen LogP contribution < -0.4 is 5.32 Å². The highest BCUT2D eigenvalue weighted by Gasteiger charge is 2.45. The predicted molar refractivity (Wildman–Crippen MR) is 51.8 cm³/mol. The fourth-order valence-corrected chi connectivity index (χ4v) is 1.49. The Kier molecular flexibility index (Phi) is 3.28. The molecule has 14 heavy (non-hydrogen) atoms. The van der Waals surface area contributed by atoms with Crippen LogP contribution in [0, 0.1) is 0 Å². The monoisotopic (exact) mass is 197 g/mol. The van der Waals surface area contributed by atoms with E-state index in [1.54, 1.807) is 6.08 Å². The molecule has 78 valence electrons. The molecule has 0 bridgehead atoms. The van der Waals surface area contributed by atoms with Crippen LogP contribution in [0.25, 0.3) is 0 Å². The van der Waals surface area contributed by atoms with E-state index >= 15 is 0 Å². The summed E-state index contributed by atoms with van der Waals surface area (Å²) in [5.74, 6) is -1.12. The third kappa shape index (κ3) is 2.13. The van der Waals surface area contributed by atoms with Crippen LogP contribution >= 0.6 is 0 Å². The number of amides is 1. The summed E-state index contributed by atoms with van der Waals surface area (Å²) in [6.45, 7) is 3.50. The summed E-state index contributed by atoms with van der Waals surface area (Å²) in [4.78, 5) is 22.2. The molecule has 4 heteroatoms. The van der Waals surface area contributed by atoms with Crippen molar-refractivity contribution in [2.24, 2.45) is 0 Å². The van der Waals surface area contributed by atoms with E-state index in [1.807, 2.05) is 0 Å². The van der Waals surface area contributed by atoms with E-state index in [1.165, 1.54) is 0 Å². The van der Waals surface area contributed by atoms with Gasteiger partial charge in [0.2, 0.25) is 5.91 Å². The van der Waals surface area contributed by atoms with Gasteiger partial charge in [-0.2, -0.15) is 0 Å². The molecule has 1 saturated carbocycles.